The molecule has 0 aromatic rings. The third-order valence-corrected chi connectivity index (χ3v) is 2.96. The lowest BCUT2D eigenvalue weighted by molar-refractivity contribution is -0.126. The zero-order chi connectivity index (χ0) is 15.9. The van der Waals surface area contributed by atoms with Gasteiger partial charge in [0.2, 0.25) is 18.2 Å². The van der Waals surface area contributed by atoms with Crippen molar-refractivity contribution in [3.8, 4) is 12.3 Å². The van der Waals surface area contributed by atoms with Gasteiger partial charge < -0.3 is 16.0 Å². The largest absolute Gasteiger partial charge is 0.356 e. The second-order valence-corrected chi connectivity index (χ2v) is 4.87. The fraction of sp³-hybridized carbons (Fsp3) is 0.667. The van der Waals surface area contributed by atoms with Gasteiger partial charge in [0.15, 0.2) is 0 Å². The molecule has 0 heterocycles. The van der Waals surface area contributed by atoms with E-state index in [1.807, 2.05) is 6.92 Å². The molecule has 0 aliphatic heterocycles. The minimum absolute atomic E-state index is 0.123. The van der Waals surface area contributed by atoms with E-state index in [4.69, 9.17) is 6.42 Å². The molecule has 0 aliphatic rings. The van der Waals surface area contributed by atoms with Crippen LogP contribution in [0.1, 0.15) is 45.4 Å². The minimum Gasteiger partial charge on any atom is -0.356 e. The minimum atomic E-state index is -0.209. The maximum absolute atomic E-state index is 11.5. The van der Waals surface area contributed by atoms with Gasteiger partial charge in [0, 0.05) is 25.4 Å². The van der Waals surface area contributed by atoms with Crippen molar-refractivity contribution in [3.05, 3.63) is 0 Å². The molecule has 0 aromatic carbocycles. The van der Waals surface area contributed by atoms with Crippen LogP contribution in [0.25, 0.3) is 0 Å². The van der Waals surface area contributed by atoms with Crippen LogP contribution in [-0.2, 0) is 14.4 Å². The Hall–Kier alpha value is -2.03. The van der Waals surface area contributed by atoms with E-state index in [9.17, 15) is 14.4 Å². The van der Waals surface area contributed by atoms with Gasteiger partial charge in [0.25, 0.3) is 0 Å². The molecule has 1 unspecified atom stereocenters. The first-order chi connectivity index (χ1) is 10.1. The highest BCUT2D eigenvalue weighted by molar-refractivity contribution is 5.83. The number of nitrogens with one attached hydrogen (secondary N) is 3. The van der Waals surface area contributed by atoms with Gasteiger partial charge in [-0.2, -0.15) is 0 Å². The summed E-state index contributed by atoms with van der Waals surface area (Å²) >= 11 is 0. The number of amides is 3. The Kier molecular flexibility index (Phi) is 11.7. The van der Waals surface area contributed by atoms with Crippen molar-refractivity contribution in [1.82, 2.24) is 16.0 Å². The predicted molar refractivity (Wildman–Crippen MR) is 81.2 cm³/mol. The van der Waals surface area contributed by atoms with Gasteiger partial charge in [-0.25, -0.2) is 0 Å². The summed E-state index contributed by atoms with van der Waals surface area (Å²) in [5.74, 6) is 1.97. The third-order valence-electron chi connectivity index (χ3n) is 2.96. The Balaban J connectivity index is 3.44. The lowest BCUT2D eigenvalue weighted by Crippen LogP contribution is -2.28. The van der Waals surface area contributed by atoms with Crippen LogP contribution in [0.4, 0.5) is 0 Å². The van der Waals surface area contributed by atoms with Crippen LogP contribution < -0.4 is 16.0 Å². The average Bonchev–Trinajstić information content (AvgIpc) is 2.46. The molecule has 0 rings (SSSR count). The summed E-state index contributed by atoms with van der Waals surface area (Å²) in [6.07, 6.45) is 9.88. The van der Waals surface area contributed by atoms with Crippen LogP contribution in [0.3, 0.4) is 0 Å². The van der Waals surface area contributed by atoms with E-state index in [1.165, 1.54) is 0 Å². The number of carbonyl (C=O) groups excluding carboxylic acids is 3. The van der Waals surface area contributed by atoms with Crippen LogP contribution in [0, 0.1) is 12.3 Å². The van der Waals surface area contributed by atoms with Gasteiger partial charge >= 0.3 is 0 Å². The quantitative estimate of drug-likeness (QED) is 0.275. The van der Waals surface area contributed by atoms with E-state index in [0.29, 0.717) is 13.0 Å². The maximum atomic E-state index is 11.5. The number of terminal acetylenes is 1. The molecule has 0 radical (unpaired) electrons. The van der Waals surface area contributed by atoms with E-state index < -0.39 is 0 Å². The monoisotopic (exact) mass is 295 g/mol. The van der Waals surface area contributed by atoms with E-state index in [-0.39, 0.29) is 37.2 Å². The fourth-order valence-electron chi connectivity index (χ4n) is 1.73. The normalized spacial score (nSPS) is 11.0. The highest BCUT2D eigenvalue weighted by Crippen LogP contribution is 2.02. The van der Waals surface area contributed by atoms with E-state index >= 15 is 0 Å². The summed E-state index contributed by atoms with van der Waals surface area (Å²) in [4.78, 5) is 32.9. The summed E-state index contributed by atoms with van der Waals surface area (Å²) < 4.78 is 0. The first-order valence-corrected chi connectivity index (χ1v) is 7.26. The van der Waals surface area contributed by atoms with Crippen molar-refractivity contribution < 1.29 is 14.4 Å². The van der Waals surface area contributed by atoms with Crippen molar-refractivity contribution in [2.45, 2.75) is 51.5 Å². The van der Waals surface area contributed by atoms with Crippen molar-refractivity contribution >= 4 is 18.2 Å². The molecule has 21 heavy (non-hydrogen) atoms. The van der Waals surface area contributed by atoms with E-state index in [1.54, 1.807) is 0 Å². The summed E-state index contributed by atoms with van der Waals surface area (Å²) in [6.45, 7) is 2.76. The van der Waals surface area contributed by atoms with Gasteiger partial charge in [-0.05, 0) is 19.8 Å². The molecule has 3 amide bonds. The Bertz CT molecular complexity index is 364. The highest BCUT2D eigenvalue weighted by atomic mass is 16.2. The van der Waals surface area contributed by atoms with Gasteiger partial charge in [0.05, 0.1) is 6.54 Å². The van der Waals surface area contributed by atoms with E-state index in [2.05, 4.69) is 21.9 Å². The fourth-order valence-corrected chi connectivity index (χ4v) is 1.73. The molecule has 1 atom stereocenters. The zero-order valence-electron chi connectivity index (χ0n) is 12.6. The lowest BCUT2D eigenvalue weighted by Gasteiger charge is -2.09. The predicted octanol–water partition coefficient (Wildman–Crippen LogP) is 0.327. The molecule has 118 valence electrons. The van der Waals surface area contributed by atoms with Crippen molar-refractivity contribution in [1.29, 1.82) is 0 Å². The maximum Gasteiger partial charge on any atom is 0.221 e. The Morgan fingerprint density at radius 2 is 1.81 bits per heavy atom. The molecule has 0 saturated carbocycles. The Morgan fingerprint density at radius 3 is 2.43 bits per heavy atom. The first kappa shape index (κ1) is 19.0. The molecule has 0 aromatic heterocycles. The second-order valence-electron chi connectivity index (χ2n) is 4.87. The van der Waals surface area contributed by atoms with Crippen LogP contribution >= 0.6 is 0 Å². The van der Waals surface area contributed by atoms with Gasteiger partial charge in [-0.1, -0.05) is 18.8 Å². The second kappa shape index (κ2) is 13.0. The third kappa shape index (κ3) is 12.7. The Morgan fingerprint density at radius 1 is 1.14 bits per heavy atom. The summed E-state index contributed by atoms with van der Waals surface area (Å²) in [7, 11) is 0. The number of rotatable bonds is 12. The van der Waals surface area contributed by atoms with Crippen molar-refractivity contribution in [2.75, 3.05) is 13.1 Å². The van der Waals surface area contributed by atoms with Crippen molar-refractivity contribution in [2.24, 2.45) is 0 Å². The number of unbranched alkanes of at least 4 members (excludes halogenated alkanes) is 2. The number of hydrogen-bond donors (Lipinski definition) is 3. The average molecular weight is 295 g/mol. The van der Waals surface area contributed by atoms with Gasteiger partial charge in [-0.3, -0.25) is 14.4 Å². The van der Waals surface area contributed by atoms with Crippen molar-refractivity contribution in [3.63, 3.8) is 0 Å². The first-order valence-electron chi connectivity index (χ1n) is 7.26. The zero-order valence-corrected chi connectivity index (χ0v) is 12.6. The molecule has 3 N–H and O–H groups in total. The van der Waals surface area contributed by atoms with Crippen LogP contribution in [0.5, 0.6) is 0 Å². The molecule has 0 aliphatic carbocycles. The molecule has 0 fully saturated rings. The smallest absolute Gasteiger partial charge is 0.221 e. The topological polar surface area (TPSA) is 87.3 Å². The summed E-state index contributed by atoms with van der Waals surface area (Å²) in [5.41, 5.74) is 0. The van der Waals surface area contributed by atoms with Gasteiger partial charge in [-0.15, -0.1) is 6.42 Å². The van der Waals surface area contributed by atoms with Crippen LogP contribution in [0.2, 0.25) is 0 Å². The Labute approximate surface area is 126 Å². The van der Waals surface area contributed by atoms with Gasteiger partial charge in [0.1, 0.15) is 0 Å². The molecule has 0 spiro atoms. The summed E-state index contributed by atoms with van der Waals surface area (Å²) in [6, 6.07) is 0.193. The molecule has 6 heteroatoms. The highest BCUT2D eigenvalue weighted by Gasteiger charge is 2.05. The van der Waals surface area contributed by atoms with Crippen LogP contribution in [0.15, 0.2) is 0 Å². The molecular formula is C15H25N3O3. The summed E-state index contributed by atoms with van der Waals surface area (Å²) in [5, 5.41) is 7.98. The van der Waals surface area contributed by atoms with Crippen LogP contribution in [-0.4, -0.2) is 37.4 Å². The number of carbonyl (C=O) groups is 3. The lowest BCUT2D eigenvalue weighted by atomic mass is 10.1. The standard InChI is InChI=1S/C15H25N3O3/c1-3-10-16-14(20)8-9-15(21)17-11-6-4-5-7-13(2)18-12-19/h1,12-13H,4-11H2,2H3,(H,16,20)(H,17,21)(H,18,19). The SMILES string of the molecule is C#CCNC(=O)CCC(=O)NCCCCCC(C)NC=O. The number of hydrogen-bond acceptors (Lipinski definition) is 3. The molecular weight excluding hydrogens is 270 g/mol. The molecule has 0 saturated heterocycles. The van der Waals surface area contributed by atoms with E-state index in [0.717, 1.165) is 25.7 Å². The molecule has 0 bridgehead atoms. The molecule has 6 nitrogen and oxygen atoms in total.